The third-order valence-electron chi connectivity index (χ3n) is 4.23. The number of benzene rings is 1. The molecule has 1 heterocycles. The minimum atomic E-state index is 0.490. The molecule has 3 nitrogen and oxygen atoms in total. The van der Waals surface area contributed by atoms with Crippen LogP contribution in [-0.2, 0) is 4.74 Å². The highest BCUT2D eigenvalue weighted by atomic mass is 16.5. The molecule has 1 aromatic carbocycles. The Hall–Kier alpha value is -1.06. The molecule has 0 saturated heterocycles. The number of hydrogen-bond acceptors (Lipinski definition) is 3. The molecule has 3 rings (SSSR count). The van der Waals surface area contributed by atoms with E-state index in [0.717, 1.165) is 31.9 Å². The van der Waals surface area contributed by atoms with Crippen molar-refractivity contribution in [2.45, 2.75) is 44.2 Å². The Balaban J connectivity index is 1.49. The van der Waals surface area contributed by atoms with E-state index in [2.05, 4.69) is 30.4 Å². The number of para-hydroxylation sites is 1. The normalized spacial score (nSPS) is 29.2. The highest BCUT2D eigenvalue weighted by molar-refractivity contribution is 5.37. The van der Waals surface area contributed by atoms with Gasteiger partial charge in [-0.05, 0) is 37.8 Å². The molecule has 1 aliphatic heterocycles. The molecular formula is C16H23NO2. The fourth-order valence-corrected chi connectivity index (χ4v) is 3.04. The molecule has 0 radical (unpaired) electrons. The van der Waals surface area contributed by atoms with Crippen LogP contribution in [0.25, 0.3) is 0 Å². The first-order chi connectivity index (χ1) is 9.36. The lowest BCUT2D eigenvalue weighted by molar-refractivity contribution is -0.0102. The van der Waals surface area contributed by atoms with E-state index in [1.165, 1.54) is 18.4 Å². The highest BCUT2D eigenvalue weighted by Crippen LogP contribution is 2.33. The van der Waals surface area contributed by atoms with Crippen LogP contribution in [0.1, 0.15) is 37.7 Å². The summed E-state index contributed by atoms with van der Waals surface area (Å²) in [6.45, 7) is 4.81. The summed E-state index contributed by atoms with van der Waals surface area (Å²) in [6, 6.07) is 9.08. The van der Waals surface area contributed by atoms with Crippen LogP contribution in [0.3, 0.4) is 0 Å². The van der Waals surface area contributed by atoms with Crippen molar-refractivity contribution in [3.8, 4) is 5.75 Å². The molecule has 1 atom stereocenters. The molecule has 0 amide bonds. The van der Waals surface area contributed by atoms with Crippen LogP contribution in [0.4, 0.5) is 0 Å². The molecule has 1 N–H and O–H groups in total. The summed E-state index contributed by atoms with van der Waals surface area (Å²) in [5, 5.41) is 3.68. The molecule has 1 aliphatic carbocycles. The predicted molar refractivity (Wildman–Crippen MR) is 75.7 cm³/mol. The van der Waals surface area contributed by atoms with Crippen LogP contribution in [0.2, 0.25) is 0 Å². The number of hydrogen-bond donors (Lipinski definition) is 1. The average molecular weight is 261 g/mol. The van der Waals surface area contributed by atoms with E-state index in [9.17, 15) is 0 Å². The summed E-state index contributed by atoms with van der Waals surface area (Å²) in [4.78, 5) is 0. The highest BCUT2D eigenvalue weighted by Gasteiger charge is 2.30. The fourth-order valence-electron chi connectivity index (χ4n) is 3.04. The maximum atomic E-state index is 5.70. The van der Waals surface area contributed by atoms with Gasteiger partial charge in [-0.25, -0.2) is 0 Å². The smallest absolute Gasteiger partial charge is 0.122 e. The van der Waals surface area contributed by atoms with Gasteiger partial charge in [0.1, 0.15) is 5.75 Å². The number of fused-ring (bicyclic) bond motifs is 1. The lowest BCUT2D eigenvalue weighted by atomic mass is 9.87. The second-order valence-corrected chi connectivity index (χ2v) is 5.53. The Bertz CT molecular complexity index is 415. The third-order valence-corrected chi connectivity index (χ3v) is 4.23. The van der Waals surface area contributed by atoms with E-state index in [1.54, 1.807) is 0 Å². The van der Waals surface area contributed by atoms with Gasteiger partial charge in [0, 0.05) is 25.1 Å². The first-order valence-electron chi connectivity index (χ1n) is 7.43. The van der Waals surface area contributed by atoms with Gasteiger partial charge in [-0.1, -0.05) is 18.2 Å². The van der Waals surface area contributed by atoms with Crippen LogP contribution in [0, 0.1) is 0 Å². The van der Waals surface area contributed by atoms with Gasteiger partial charge in [-0.2, -0.15) is 0 Å². The molecule has 1 saturated carbocycles. The van der Waals surface area contributed by atoms with Crippen LogP contribution in [0.5, 0.6) is 5.75 Å². The summed E-state index contributed by atoms with van der Waals surface area (Å²) in [6.07, 6.45) is 3.94. The zero-order valence-corrected chi connectivity index (χ0v) is 11.6. The molecule has 0 spiro atoms. The standard InChI is InChI=1S/C16H23NO2/c1-2-18-14-9-13(10-14)17-11-12-7-8-19-16-6-4-3-5-15(12)16/h3-6,12-14,17H,2,7-11H2,1H3. The van der Waals surface area contributed by atoms with Crippen LogP contribution in [0.15, 0.2) is 24.3 Å². The van der Waals surface area contributed by atoms with Gasteiger partial charge >= 0.3 is 0 Å². The molecule has 104 valence electrons. The zero-order chi connectivity index (χ0) is 13.1. The molecule has 3 heteroatoms. The second-order valence-electron chi connectivity index (χ2n) is 5.53. The quantitative estimate of drug-likeness (QED) is 0.884. The zero-order valence-electron chi connectivity index (χ0n) is 11.6. The van der Waals surface area contributed by atoms with Gasteiger partial charge < -0.3 is 14.8 Å². The molecule has 1 fully saturated rings. The Morgan fingerprint density at radius 1 is 1.32 bits per heavy atom. The van der Waals surface area contributed by atoms with E-state index in [4.69, 9.17) is 9.47 Å². The molecule has 2 aliphatic rings. The van der Waals surface area contributed by atoms with Crippen molar-refractivity contribution in [2.24, 2.45) is 0 Å². The fraction of sp³-hybridized carbons (Fsp3) is 0.625. The summed E-state index contributed by atoms with van der Waals surface area (Å²) in [7, 11) is 0. The number of ether oxygens (including phenoxy) is 2. The number of rotatable bonds is 5. The molecule has 0 bridgehead atoms. The van der Waals surface area contributed by atoms with Crippen molar-refractivity contribution < 1.29 is 9.47 Å². The summed E-state index contributed by atoms with van der Waals surface area (Å²) >= 11 is 0. The largest absolute Gasteiger partial charge is 0.493 e. The lowest BCUT2D eigenvalue weighted by Gasteiger charge is -2.37. The van der Waals surface area contributed by atoms with Crippen molar-refractivity contribution in [1.29, 1.82) is 0 Å². The molecule has 0 aromatic heterocycles. The van der Waals surface area contributed by atoms with Gasteiger partial charge in [0.2, 0.25) is 0 Å². The summed E-state index contributed by atoms with van der Waals surface area (Å²) < 4.78 is 11.3. The van der Waals surface area contributed by atoms with Crippen molar-refractivity contribution in [3.05, 3.63) is 29.8 Å². The van der Waals surface area contributed by atoms with Crippen molar-refractivity contribution in [3.63, 3.8) is 0 Å². The van der Waals surface area contributed by atoms with Crippen molar-refractivity contribution >= 4 is 0 Å². The predicted octanol–water partition coefficient (Wildman–Crippen LogP) is 2.71. The first-order valence-corrected chi connectivity index (χ1v) is 7.43. The summed E-state index contributed by atoms with van der Waals surface area (Å²) in [5.41, 5.74) is 1.36. The Morgan fingerprint density at radius 2 is 2.16 bits per heavy atom. The van der Waals surface area contributed by atoms with Crippen LogP contribution in [-0.4, -0.2) is 31.9 Å². The third kappa shape index (κ3) is 2.93. The summed E-state index contributed by atoms with van der Waals surface area (Å²) in [5.74, 6) is 1.66. The molecular weight excluding hydrogens is 238 g/mol. The average Bonchev–Trinajstić information content (AvgIpc) is 2.41. The maximum absolute atomic E-state index is 5.70. The van der Waals surface area contributed by atoms with Gasteiger partial charge in [-0.15, -0.1) is 0 Å². The van der Waals surface area contributed by atoms with Gasteiger partial charge in [0.15, 0.2) is 0 Å². The number of nitrogens with one attached hydrogen (secondary N) is 1. The Kier molecular flexibility index (Phi) is 4.04. The minimum Gasteiger partial charge on any atom is -0.493 e. The van der Waals surface area contributed by atoms with E-state index >= 15 is 0 Å². The van der Waals surface area contributed by atoms with E-state index in [1.807, 2.05) is 6.07 Å². The Labute approximate surface area is 115 Å². The van der Waals surface area contributed by atoms with Crippen molar-refractivity contribution in [2.75, 3.05) is 19.8 Å². The molecule has 1 unspecified atom stereocenters. The molecule has 19 heavy (non-hydrogen) atoms. The maximum Gasteiger partial charge on any atom is 0.122 e. The lowest BCUT2D eigenvalue weighted by Crippen LogP contribution is -2.46. The van der Waals surface area contributed by atoms with Gasteiger partial charge in [0.25, 0.3) is 0 Å². The van der Waals surface area contributed by atoms with Gasteiger partial charge in [0.05, 0.1) is 12.7 Å². The minimum absolute atomic E-state index is 0.490. The van der Waals surface area contributed by atoms with Crippen LogP contribution >= 0.6 is 0 Å². The van der Waals surface area contributed by atoms with Crippen molar-refractivity contribution in [1.82, 2.24) is 5.32 Å². The second kappa shape index (κ2) is 5.93. The first kappa shape index (κ1) is 12.9. The van der Waals surface area contributed by atoms with E-state index in [0.29, 0.717) is 18.1 Å². The van der Waals surface area contributed by atoms with E-state index in [-0.39, 0.29) is 0 Å². The SMILES string of the molecule is CCOC1CC(NCC2CCOc3ccccc32)C1. The molecule has 1 aromatic rings. The van der Waals surface area contributed by atoms with Crippen LogP contribution < -0.4 is 10.1 Å². The van der Waals surface area contributed by atoms with E-state index < -0.39 is 0 Å². The Morgan fingerprint density at radius 3 is 3.00 bits per heavy atom. The van der Waals surface area contributed by atoms with Gasteiger partial charge in [-0.3, -0.25) is 0 Å². The monoisotopic (exact) mass is 261 g/mol. The topological polar surface area (TPSA) is 30.5 Å².